The maximum atomic E-state index is 13.5. The first kappa shape index (κ1) is 17.4. The van der Waals surface area contributed by atoms with E-state index in [-0.39, 0.29) is 17.1 Å². The Labute approximate surface area is 167 Å². The van der Waals surface area contributed by atoms with Crippen molar-refractivity contribution in [3.63, 3.8) is 0 Å². The first-order chi connectivity index (χ1) is 14.0. The van der Waals surface area contributed by atoms with E-state index in [1.807, 2.05) is 56.3 Å². The van der Waals surface area contributed by atoms with Crippen LogP contribution in [-0.2, 0) is 0 Å². The highest BCUT2D eigenvalue weighted by Crippen LogP contribution is 2.40. The van der Waals surface area contributed by atoms with Crippen LogP contribution in [0.3, 0.4) is 0 Å². The van der Waals surface area contributed by atoms with Gasteiger partial charge in [0.05, 0.1) is 17.0 Å². The monoisotopic (exact) mass is 382 g/mol. The molecule has 5 rings (SSSR count). The molecule has 29 heavy (non-hydrogen) atoms. The van der Waals surface area contributed by atoms with Crippen molar-refractivity contribution in [1.29, 1.82) is 0 Å². The Hall–Kier alpha value is -3.73. The Balaban J connectivity index is 1.83. The van der Waals surface area contributed by atoms with Crippen LogP contribution in [0.2, 0.25) is 0 Å². The minimum Gasteiger partial charge on any atom is -0.450 e. The van der Waals surface area contributed by atoms with Gasteiger partial charge in [-0.1, -0.05) is 47.5 Å². The zero-order chi connectivity index (χ0) is 20.1. The Bertz CT molecular complexity index is 1310. The van der Waals surface area contributed by atoms with Crippen molar-refractivity contribution in [2.75, 3.05) is 4.90 Å². The Kier molecular flexibility index (Phi) is 3.84. The Morgan fingerprint density at radius 2 is 1.69 bits per heavy atom. The first-order valence-corrected chi connectivity index (χ1v) is 9.43. The third-order valence-corrected chi connectivity index (χ3v) is 5.31. The molecule has 1 atom stereocenters. The van der Waals surface area contributed by atoms with Gasteiger partial charge in [0.15, 0.2) is 5.43 Å². The normalized spacial score (nSPS) is 15.7. The van der Waals surface area contributed by atoms with E-state index in [1.54, 1.807) is 29.3 Å². The minimum atomic E-state index is -0.589. The molecule has 5 heteroatoms. The van der Waals surface area contributed by atoms with E-state index >= 15 is 0 Å². The number of carbonyl (C=O) groups is 1. The highest BCUT2D eigenvalue weighted by Gasteiger charge is 2.44. The van der Waals surface area contributed by atoms with Gasteiger partial charge < -0.3 is 4.42 Å². The van der Waals surface area contributed by atoms with Gasteiger partial charge in [0.2, 0.25) is 5.76 Å². The van der Waals surface area contributed by atoms with Crippen LogP contribution in [0, 0.1) is 13.8 Å². The predicted octanol–water partition coefficient (Wildman–Crippen LogP) is 4.55. The lowest BCUT2D eigenvalue weighted by molar-refractivity contribution is 0.0970. The molecule has 1 amide bonds. The van der Waals surface area contributed by atoms with Gasteiger partial charge in [-0.15, -0.1) is 0 Å². The summed E-state index contributed by atoms with van der Waals surface area (Å²) in [6.07, 6.45) is 1.63. The van der Waals surface area contributed by atoms with Crippen LogP contribution in [0.25, 0.3) is 11.0 Å². The molecule has 0 bridgehead atoms. The lowest BCUT2D eigenvalue weighted by Gasteiger charge is -2.24. The predicted molar refractivity (Wildman–Crippen MR) is 111 cm³/mol. The van der Waals surface area contributed by atoms with Gasteiger partial charge in [0.1, 0.15) is 11.4 Å². The average Bonchev–Trinajstić information content (AvgIpc) is 3.03. The van der Waals surface area contributed by atoms with E-state index in [4.69, 9.17) is 4.42 Å². The topological polar surface area (TPSA) is 63.4 Å². The number of amides is 1. The maximum Gasteiger partial charge on any atom is 0.296 e. The number of aromatic nitrogens is 1. The van der Waals surface area contributed by atoms with Crippen LogP contribution in [0.15, 0.2) is 76.1 Å². The van der Waals surface area contributed by atoms with E-state index in [0.29, 0.717) is 22.4 Å². The second-order valence-corrected chi connectivity index (χ2v) is 7.35. The molecule has 1 aliphatic rings. The number of hydrogen-bond donors (Lipinski definition) is 0. The summed E-state index contributed by atoms with van der Waals surface area (Å²) in [5.41, 5.74) is 3.50. The largest absolute Gasteiger partial charge is 0.450 e. The van der Waals surface area contributed by atoms with Crippen molar-refractivity contribution in [2.24, 2.45) is 0 Å². The van der Waals surface area contributed by atoms with E-state index in [0.717, 1.165) is 16.7 Å². The molecule has 1 unspecified atom stereocenters. The molecule has 0 spiro atoms. The second kappa shape index (κ2) is 6.41. The molecule has 2 aromatic carbocycles. The summed E-state index contributed by atoms with van der Waals surface area (Å²) >= 11 is 0. The molecule has 0 fully saturated rings. The van der Waals surface area contributed by atoms with Crippen LogP contribution in [0.4, 0.5) is 5.82 Å². The summed E-state index contributed by atoms with van der Waals surface area (Å²) in [6, 6.07) is 18.0. The molecular formula is C24H18N2O3. The summed E-state index contributed by atoms with van der Waals surface area (Å²) in [5, 5.41) is 0.483. The molecular weight excluding hydrogens is 364 g/mol. The molecule has 3 heterocycles. The summed E-state index contributed by atoms with van der Waals surface area (Å²) in [4.78, 5) is 32.8. The van der Waals surface area contributed by atoms with Crippen molar-refractivity contribution in [3.8, 4) is 0 Å². The number of rotatable bonds is 2. The highest BCUT2D eigenvalue weighted by molar-refractivity contribution is 6.10. The van der Waals surface area contributed by atoms with Crippen molar-refractivity contribution in [3.05, 3.63) is 105 Å². The number of benzene rings is 2. The zero-order valence-corrected chi connectivity index (χ0v) is 16.0. The van der Waals surface area contributed by atoms with Crippen molar-refractivity contribution >= 4 is 22.7 Å². The molecule has 0 saturated heterocycles. The SMILES string of the molecule is Cc1ccc(C2c3c(oc4ccc(C)cc4c3=O)C(=O)N2c2ccccn2)cc1. The lowest BCUT2D eigenvalue weighted by atomic mass is 9.97. The van der Waals surface area contributed by atoms with E-state index in [1.165, 1.54) is 0 Å². The fraction of sp³-hybridized carbons (Fsp3) is 0.125. The second-order valence-electron chi connectivity index (χ2n) is 7.35. The molecule has 0 saturated carbocycles. The number of pyridine rings is 1. The van der Waals surface area contributed by atoms with Gasteiger partial charge in [0, 0.05) is 6.20 Å². The van der Waals surface area contributed by atoms with Gasteiger partial charge in [-0.05, 0) is 43.7 Å². The quantitative estimate of drug-likeness (QED) is 0.510. The zero-order valence-electron chi connectivity index (χ0n) is 16.0. The average molecular weight is 382 g/mol. The lowest BCUT2D eigenvalue weighted by Crippen LogP contribution is -2.30. The van der Waals surface area contributed by atoms with Gasteiger partial charge in [0.25, 0.3) is 5.91 Å². The fourth-order valence-electron chi connectivity index (χ4n) is 3.88. The van der Waals surface area contributed by atoms with E-state index in [9.17, 15) is 9.59 Å². The van der Waals surface area contributed by atoms with E-state index in [2.05, 4.69) is 4.98 Å². The number of aryl methyl sites for hydroxylation is 2. The highest BCUT2D eigenvalue weighted by atomic mass is 16.3. The van der Waals surface area contributed by atoms with E-state index < -0.39 is 6.04 Å². The summed E-state index contributed by atoms with van der Waals surface area (Å²) in [7, 11) is 0. The van der Waals surface area contributed by atoms with Crippen molar-refractivity contribution < 1.29 is 9.21 Å². The van der Waals surface area contributed by atoms with Gasteiger partial charge >= 0.3 is 0 Å². The summed E-state index contributed by atoms with van der Waals surface area (Å²) in [6.45, 7) is 3.92. The fourth-order valence-corrected chi connectivity index (χ4v) is 3.88. The molecule has 0 aliphatic carbocycles. The van der Waals surface area contributed by atoms with Crippen molar-refractivity contribution in [1.82, 2.24) is 4.98 Å². The number of hydrogen-bond acceptors (Lipinski definition) is 4. The Morgan fingerprint density at radius 3 is 2.41 bits per heavy atom. The first-order valence-electron chi connectivity index (χ1n) is 9.43. The van der Waals surface area contributed by atoms with Crippen LogP contribution in [0.5, 0.6) is 0 Å². The van der Waals surface area contributed by atoms with Crippen LogP contribution >= 0.6 is 0 Å². The molecule has 142 valence electrons. The summed E-state index contributed by atoms with van der Waals surface area (Å²) < 4.78 is 5.96. The minimum absolute atomic E-state index is 0.0857. The summed E-state index contributed by atoms with van der Waals surface area (Å²) in [5.74, 6) is 0.209. The molecule has 0 radical (unpaired) electrons. The molecule has 0 N–H and O–H groups in total. The van der Waals surface area contributed by atoms with Gasteiger partial charge in [-0.25, -0.2) is 4.98 Å². The third-order valence-electron chi connectivity index (χ3n) is 5.31. The molecule has 1 aliphatic heterocycles. The number of fused-ring (bicyclic) bond motifs is 2. The number of nitrogens with zero attached hydrogens (tertiary/aromatic N) is 2. The van der Waals surface area contributed by atoms with Crippen molar-refractivity contribution in [2.45, 2.75) is 19.9 Å². The standard InChI is InChI=1S/C24H18N2O3/c1-14-6-9-16(10-7-14)21-20-22(27)17-13-15(2)8-11-18(17)29-23(20)24(28)26(21)19-5-3-4-12-25-19/h3-13,21H,1-2H3. The van der Waals surface area contributed by atoms with Gasteiger partial charge in [-0.3, -0.25) is 14.5 Å². The Morgan fingerprint density at radius 1 is 0.931 bits per heavy atom. The molecule has 5 nitrogen and oxygen atoms in total. The van der Waals surface area contributed by atoms with Gasteiger partial charge in [-0.2, -0.15) is 0 Å². The molecule has 2 aromatic heterocycles. The molecule has 4 aromatic rings. The third kappa shape index (κ3) is 2.66. The maximum absolute atomic E-state index is 13.5. The number of carbonyl (C=O) groups excluding carboxylic acids is 1. The van der Waals surface area contributed by atoms with Crippen LogP contribution in [-0.4, -0.2) is 10.9 Å². The smallest absolute Gasteiger partial charge is 0.296 e. The number of anilines is 1. The van der Waals surface area contributed by atoms with Crippen LogP contribution < -0.4 is 10.3 Å². The van der Waals surface area contributed by atoms with Crippen LogP contribution in [0.1, 0.15) is 38.9 Å².